The van der Waals surface area contributed by atoms with Gasteiger partial charge in [0.1, 0.15) is 11.3 Å². The molecule has 0 aliphatic heterocycles. The minimum atomic E-state index is -0.179. The highest BCUT2D eigenvalue weighted by atomic mass is 16.5. The van der Waals surface area contributed by atoms with Gasteiger partial charge in [-0.25, -0.2) is 0 Å². The molecule has 0 aliphatic carbocycles. The van der Waals surface area contributed by atoms with Crippen LogP contribution < -0.4 is 0 Å². The Bertz CT molecular complexity index is 585. The van der Waals surface area contributed by atoms with E-state index in [4.69, 9.17) is 14.3 Å². The summed E-state index contributed by atoms with van der Waals surface area (Å²) in [5, 5.41) is 9.98. The summed E-state index contributed by atoms with van der Waals surface area (Å²) >= 11 is 0. The Morgan fingerprint density at radius 1 is 1.38 bits per heavy atom. The summed E-state index contributed by atoms with van der Waals surface area (Å²) in [5.74, 6) is 0.446. The number of aliphatic hydroxyl groups is 1. The highest BCUT2D eigenvalue weighted by Crippen LogP contribution is 2.19. The molecule has 0 aliphatic rings. The van der Waals surface area contributed by atoms with Crippen LogP contribution in [0.2, 0.25) is 0 Å². The van der Waals surface area contributed by atoms with E-state index >= 15 is 0 Å². The van der Waals surface area contributed by atoms with Crippen molar-refractivity contribution in [3.8, 4) is 0 Å². The van der Waals surface area contributed by atoms with E-state index in [1.807, 2.05) is 30.3 Å². The van der Waals surface area contributed by atoms with Gasteiger partial charge in [-0.1, -0.05) is 18.2 Å². The Kier molecular flexibility index (Phi) is 5.54. The van der Waals surface area contributed by atoms with Crippen LogP contribution >= 0.6 is 0 Å². The molecule has 0 saturated carbocycles. The van der Waals surface area contributed by atoms with Crippen LogP contribution in [-0.4, -0.2) is 49.3 Å². The van der Waals surface area contributed by atoms with Crippen LogP contribution in [0.25, 0.3) is 17.0 Å². The van der Waals surface area contributed by atoms with Crippen LogP contribution in [0, 0.1) is 0 Å². The Balaban J connectivity index is 2.05. The highest BCUT2D eigenvalue weighted by Gasteiger charge is 2.09. The molecule has 0 radical (unpaired) electrons. The maximum atomic E-state index is 12.1. The summed E-state index contributed by atoms with van der Waals surface area (Å²) in [7, 11) is 1.58. The Morgan fingerprint density at radius 2 is 2.19 bits per heavy atom. The Morgan fingerprint density at radius 3 is 2.90 bits per heavy atom. The van der Waals surface area contributed by atoms with Crippen LogP contribution in [0.1, 0.15) is 5.76 Å². The summed E-state index contributed by atoms with van der Waals surface area (Å²) in [6.45, 7) is 1.09. The van der Waals surface area contributed by atoms with E-state index < -0.39 is 0 Å². The maximum absolute atomic E-state index is 12.1. The maximum Gasteiger partial charge on any atom is 0.246 e. The van der Waals surface area contributed by atoms with Crippen molar-refractivity contribution in [2.75, 3.05) is 33.4 Å². The minimum absolute atomic E-state index is 0.0755. The lowest BCUT2D eigenvalue weighted by Crippen LogP contribution is -2.34. The largest absolute Gasteiger partial charge is 0.457 e. The van der Waals surface area contributed by atoms with Gasteiger partial charge in [-0.3, -0.25) is 4.79 Å². The van der Waals surface area contributed by atoms with Gasteiger partial charge < -0.3 is 19.2 Å². The fourth-order valence-corrected chi connectivity index (χ4v) is 2.00. The van der Waals surface area contributed by atoms with Gasteiger partial charge in [-0.2, -0.15) is 0 Å². The third kappa shape index (κ3) is 4.18. The fourth-order valence-electron chi connectivity index (χ4n) is 2.00. The molecule has 1 heterocycles. The molecule has 2 aromatic rings. The number of fused-ring (bicyclic) bond motifs is 1. The van der Waals surface area contributed by atoms with E-state index in [1.54, 1.807) is 13.2 Å². The number of hydrogen-bond donors (Lipinski definition) is 1. The number of para-hydroxylation sites is 1. The molecule has 0 spiro atoms. The smallest absolute Gasteiger partial charge is 0.246 e. The van der Waals surface area contributed by atoms with Crippen molar-refractivity contribution in [2.45, 2.75) is 0 Å². The Labute approximate surface area is 123 Å². The fraction of sp³-hybridized carbons (Fsp3) is 0.312. The zero-order chi connectivity index (χ0) is 15.1. The lowest BCUT2D eigenvalue weighted by molar-refractivity contribution is -0.127. The van der Waals surface area contributed by atoms with Gasteiger partial charge in [0, 0.05) is 31.7 Å². The molecule has 5 nitrogen and oxygen atoms in total. The van der Waals surface area contributed by atoms with Crippen molar-refractivity contribution in [3.05, 3.63) is 42.2 Å². The number of nitrogens with zero attached hydrogens (tertiary/aromatic N) is 1. The number of ether oxygens (including phenoxy) is 1. The number of aliphatic hydroxyl groups excluding tert-OH is 1. The van der Waals surface area contributed by atoms with Gasteiger partial charge in [-0.05, 0) is 18.2 Å². The average Bonchev–Trinajstić information content (AvgIpc) is 2.92. The van der Waals surface area contributed by atoms with Crippen LogP contribution in [-0.2, 0) is 9.53 Å². The standard InChI is InChI=1S/C16H19NO4/c1-20-11-9-17(8-10-18)16(19)7-6-14-12-13-4-2-3-5-15(13)21-14/h2-7,12,18H,8-11H2,1H3/b7-6+. The molecule has 1 aromatic heterocycles. The van der Waals surface area contributed by atoms with E-state index in [0.717, 1.165) is 11.0 Å². The second-order valence-electron chi connectivity index (χ2n) is 4.56. The number of furan rings is 1. The van der Waals surface area contributed by atoms with Gasteiger partial charge in [0.25, 0.3) is 0 Å². The molecule has 0 saturated heterocycles. The van der Waals surface area contributed by atoms with Crippen molar-refractivity contribution in [1.29, 1.82) is 0 Å². The number of amides is 1. The summed E-state index contributed by atoms with van der Waals surface area (Å²) in [4.78, 5) is 13.6. The van der Waals surface area contributed by atoms with E-state index in [9.17, 15) is 4.79 Å². The Hall–Kier alpha value is -2.11. The summed E-state index contributed by atoms with van der Waals surface area (Å²) in [5.41, 5.74) is 0.788. The second kappa shape index (κ2) is 7.61. The third-order valence-corrected chi connectivity index (χ3v) is 3.08. The molecular weight excluding hydrogens is 270 g/mol. The third-order valence-electron chi connectivity index (χ3n) is 3.08. The number of benzene rings is 1. The number of methoxy groups -OCH3 is 1. The van der Waals surface area contributed by atoms with Crippen LogP contribution in [0.4, 0.5) is 0 Å². The number of hydrogen-bond acceptors (Lipinski definition) is 4. The van der Waals surface area contributed by atoms with Crippen molar-refractivity contribution in [3.63, 3.8) is 0 Å². The number of carbonyl (C=O) groups is 1. The molecule has 0 atom stereocenters. The van der Waals surface area contributed by atoms with E-state index in [-0.39, 0.29) is 19.1 Å². The zero-order valence-corrected chi connectivity index (χ0v) is 12.0. The molecule has 0 bridgehead atoms. The summed E-state index contributed by atoms with van der Waals surface area (Å²) < 4.78 is 10.6. The molecule has 1 aromatic carbocycles. The molecular formula is C16H19NO4. The van der Waals surface area contributed by atoms with E-state index in [0.29, 0.717) is 18.9 Å². The zero-order valence-electron chi connectivity index (χ0n) is 12.0. The minimum Gasteiger partial charge on any atom is -0.457 e. The summed E-state index contributed by atoms with van der Waals surface area (Å²) in [6.07, 6.45) is 3.09. The first-order valence-electron chi connectivity index (χ1n) is 6.80. The molecule has 5 heteroatoms. The van der Waals surface area contributed by atoms with Gasteiger partial charge in [-0.15, -0.1) is 0 Å². The molecule has 0 fully saturated rings. The van der Waals surface area contributed by atoms with Crippen LogP contribution in [0.3, 0.4) is 0 Å². The summed E-state index contributed by atoms with van der Waals surface area (Å²) in [6, 6.07) is 9.55. The molecule has 112 valence electrons. The SMILES string of the molecule is COCCN(CCO)C(=O)/C=C/c1cc2ccccc2o1. The van der Waals surface area contributed by atoms with Crippen molar-refractivity contribution in [2.24, 2.45) is 0 Å². The molecule has 21 heavy (non-hydrogen) atoms. The lowest BCUT2D eigenvalue weighted by atomic mass is 10.2. The molecule has 0 unspecified atom stereocenters. The van der Waals surface area contributed by atoms with Gasteiger partial charge >= 0.3 is 0 Å². The van der Waals surface area contributed by atoms with Crippen LogP contribution in [0.15, 0.2) is 40.8 Å². The van der Waals surface area contributed by atoms with Crippen molar-refractivity contribution >= 4 is 23.0 Å². The molecule has 2 rings (SSSR count). The van der Waals surface area contributed by atoms with Crippen molar-refractivity contribution in [1.82, 2.24) is 4.90 Å². The number of rotatable bonds is 7. The lowest BCUT2D eigenvalue weighted by Gasteiger charge is -2.19. The van der Waals surface area contributed by atoms with E-state index in [2.05, 4.69) is 0 Å². The average molecular weight is 289 g/mol. The predicted octanol–water partition coefficient (Wildman–Crippen LogP) is 1.91. The first-order chi connectivity index (χ1) is 10.2. The highest BCUT2D eigenvalue weighted by molar-refractivity contribution is 5.92. The normalized spacial score (nSPS) is 11.3. The predicted molar refractivity (Wildman–Crippen MR) is 80.8 cm³/mol. The van der Waals surface area contributed by atoms with Gasteiger partial charge in [0.15, 0.2) is 0 Å². The first-order valence-corrected chi connectivity index (χ1v) is 6.80. The monoisotopic (exact) mass is 289 g/mol. The molecule has 1 N–H and O–H groups in total. The molecule has 1 amide bonds. The second-order valence-corrected chi connectivity index (χ2v) is 4.56. The van der Waals surface area contributed by atoms with Crippen LogP contribution in [0.5, 0.6) is 0 Å². The van der Waals surface area contributed by atoms with Gasteiger partial charge in [0.05, 0.1) is 13.2 Å². The van der Waals surface area contributed by atoms with Gasteiger partial charge in [0.2, 0.25) is 5.91 Å². The number of carbonyl (C=O) groups excluding carboxylic acids is 1. The first kappa shape index (κ1) is 15.3. The van der Waals surface area contributed by atoms with Crippen molar-refractivity contribution < 1.29 is 19.1 Å². The van der Waals surface area contributed by atoms with E-state index in [1.165, 1.54) is 11.0 Å². The quantitative estimate of drug-likeness (QED) is 0.791. The topological polar surface area (TPSA) is 62.9 Å².